The number of sulfonamides is 1. The highest BCUT2D eigenvalue weighted by atomic mass is 32.2. The number of aromatic nitrogens is 1. The number of nitrogens with zero attached hydrogens (tertiary/aromatic N) is 2. The molecule has 5 rings (SSSR count). The Morgan fingerprint density at radius 1 is 1.12 bits per heavy atom. The van der Waals surface area contributed by atoms with Crippen molar-refractivity contribution in [2.45, 2.75) is 17.7 Å². The number of halogens is 1. The number of hydrogen-bond donors (Lipinski definition) is 1. The Kier molecular flexibility index (Phi) is 5.73. The Balaban J connectivity index is 1.22. The Hall–Kier alpha value is -3.08. The summed E-state index contributed by atoms with van der Waals surface area (Å²) >= 11 is 1.30. The zero-order valence-corrected chi connectivity index (χ0v) is 19.0. The number of thiazole rings is 1. The fourth-order valence-corrected chi connectivity index (χ4v) is 6.15. The molecule has 0 atom stereocenters. The molecule has 1 fully saturated rings. The molecule has 2 aromatic heterocycles. The van der Waals surface area contributed by atoms with Gasteiger partial charge in [0.1, 0.15) is 22.0 Å². The van der Waals surface area contributed by atoms with Gasteiger partial charge in [-0.2, -0.15) is 4.31 Å². The molecule has 4 aromatic rings. The first kappa shape index (κ1) is 21.7. The van der Waals surface area contributed by atoms with Crippen LogP contribution in [0.3, 0.4) is 0 Å². The second-order valence-electron chi connectivity index (χ2n) is 7.78. The first-order valence-electron chi connectivity index (χ1n) is 10.4. The number of para-hydroxylation sites is 1. The van der Waals surface area contributed by atoms with Crippen LogP contribution >= 0.6 is 11.3 Å². The monoisotopic (exact) mass is 485 g/mol. The van der Waals surface area contributed by atoms with Crippen molar-refractivity contribution < 1.29 is 22.0 Å². The molecule has 0 unspecified atom stereocenters. The Labute approximate surface area is 193 Å². The van der Waals surface area contributed by atoms with E-state index >= 15 is 0 Å². The average Bonchev–Trinajstić information content (AvgIpc) is 3.46. The quantitative estimate of drug-likeness (QED) is 0.441. The number of benzene rings is 2. The van der Waals surface area contributed by atoms with E-state index in [9.17, 15) is 17.6 Å². The lowest BCUT2D eigenvalue weighted by molar-refractivity contribution is -0.120. The number of anilines is 1. The summed E-state index contributed by atoms with van der Waals surface area (Å²) < 4.78 is 46.5. The highest BCUT2D eigenvalue weighted by molar-refractivity contribution is 7.89. The fourth-order valence-electron chi connectivity index (χ4n) is 3.91. The lowest BCUT2D eigenvalue weighted by Gasteiger charge is -2.30. The minimum Gasteiger partial charge on any atom is -0.454 e. The second-order valence-corrected chi connectivity index (χ2v) is 10.5. The molecule has 0 spiro atoms. The highest BCUT2D eigenvalue weighted by Crippen LogP contribution is 2.31. The van der Waals surface area contributed by atoms with Crippen LogP contribution < -0.4 is 5.32 Å². The number of carbonyl (C=O) groups excluding carboxylic acids is 1. The molecule has 1 amide bonds. The summed E-state index contributed by atoms with van der Waals surface area (Å²) in [5.74, 6) is -0.708. The van der Waals surface area contributed by atoms with Crippen molar-refractivity contribution in [2.24, 2.45) is 5.92 Å². The molecule has 2 aromatic carbocycles. The van der Waals surface area contributed by atoms with Gasteiger partial charge in [-0.1, -0.05) is 30.3 Å². The first-order chi connectivity index (χ1) is 15.9. The largest absolute Gasteiger partial charge is 0.454 e. The van der Waals surface area contributed by atoms with E-state index in [1.807, 2.05) is 35.7 Å². The Morgan fingerprint density at radius 2 is 1.85 bits per heavy atom. The molecule has 1 N–H and O–H groups in total. The molecule has 1 aliphatic rings. The third-order valence-electron chi connectivity index (χ3n) is 5.69. The maximum Gasteiger partial charge on any atom is 0.245 e. The van der Waals surface area contributed by atoms with Crippen molar-refractivity contribution in [3.63, 3.8) is 0 Å². The topological polar surface area (TPSA) is 92.5 Å². The predicted molar refractivity (Wildman–Crippen MR) is 124 cm³/mol. The summed E-state index contributed by atoms with van der Waals surface area (Å²) in [6.07, 6.45) is 0.697. The molecule has 33 heavy (non-hydrogen) atoms. The highest BCUT2D eigenvalue weighted by Gasteiger charge is 2.33. The molecule has 170 valence electrons. The Bertz CT molecular complexity index is 1390. The van der Waals surface area contributed by atoms with Gasteiger partial charge in [0.25, 0.3) is 0 Å². The fraction of sp³-hybridized carbons (Fsp3) is 0.217. The number of carbonyl (C=O) groups is 1. The molecule has 1 aliphatic heterocycles. The van der Waals surface area contributed by atoms with E-state index in [1.165, 1.54) is 33.8 Å². The van der Waals surface area contributed by atoms with E-state index in [-0.39, 0.29) is 29.8 Å². The van der Waals surface area contributed by atoms with Crippen LogP contribution in [0.4, 0.5) is 9.52 Å². The van der Waals surface area contributed by atoms with Gasteiger partial charge < -0.3 is 9.73 Å². The van der Waals surface area contributed by atoms with Gasteiger partial charge in [-0.25, -0.2) is 17.8 Å². The van der Waals surface area contributed by atoms with Crippen LogP contribution in [0, 0.1) is 11.7 Å². The van der Waals surface area contributed by atoms with Crippen LogP contribution in [0.2, 0.25) is 0 Å². The van der Waals surface area contributed by atoms with Gasteiger partial charge in [0.2, 0.25) is 15.9 Å². The molecule has 3 heterocycles. The lowest BCUT2D eigenvalue weighted by atomic mass is 9.97. The van der Waals surface area contributed by atoms with E-state index in [1.54, 1.807) is 0 Å². The summed E-state index contributed by atoms with van der Waals surface area (Å²) in [4.78, 5) is 16.9. The van der Waals surface area contributed by atoms with E-state index in [4.69, 9.17) is 4.42 Å². The van der Waals surface area contributed by atoms with E-state index in [2.05, 4.69) is 10.3 Å². The molecule has 0 bridgehead atoms. The van der Waals surface area contributed by atoms with Crippen molar-refractivity contribution >= 4 is 43.4 Å². The molecule has 1 saturated heterocycles. The maximum absolute atomic E-state index is 14.0. The molecule has 0 saturated carbocycles. The summed E-state index contributed by atoms with van der Waals surface area (Å²) in [6, 6.07) is 14.9. The van der Waals surface area contributed by atoms with Gasteiger partial charge >= 0.3 is 0 Å². The smallest absolute Gasteiger partial charge is 0.245 e. The summed E-state index contributed by atoms with van der Waals surface area (Å²) in [7, 11) is -3.93. The number of piperidine rings is 1. The third-order valence-corrected chi connectivity index (χ3v) is 8.38. The predicted octanol–water partition coefficient (Wildman–Crippen LogP) is 4.73. The van der Waals surface area contributed by atoms with Gasteiger partial charge in [0.05, 0.1) is 0 Å². The normalized spacial score (nSPS) is 15.7. The van der Waals surface area contributed by atoms with Crippen LogP contribution in [0.25, 0.3) is 22.4 Å². The van der Waals surface area contributed by atoms with Crippen molar-refractivity contribution in [1.29, 1.82) is 0 Å². The SMILES string of the molecule is O=C(Nc1nc(-c2cc3ccccc3o2)cs1)C1CCN(S(=O)(=O)c2ccccc2F)CC1. The zero-order chi connectivity index (χ0) is 23.0. The number of amides is 1. The zero-order valence-electron chi connectivity index (χ0n) is 17.4. The number of hydrogen-bond acceptors (Lipinski definition) is 6. The van der Waals surface area contributed by atoms with Gasteiger partial charge in [0, 0.05) is 29.8 Å². The van der Waals surface area contributed by atoms with Gasteiger partial charge in [-0.15, -0.1) is 11.3 Å². The number of fused-ring (bicyclic) bond motifs is 1. The van der Waals surface area contributed by atoms with Crippen LogP contribution in [0.5, 0.6) is 0 Å². The van der Waals surface area contributed by atoms with Gasteiger partial charge in [-0.3, -0.25) is 4.79 Å². The average molecular weight is 486 g/mol. The lowest BCUT2D eigenvalue weighted by Crippen LogP contribution is -2.41. The molecular formula is C23H20FN3O4S2. The minimum atomic E-state index is -3.93. The van der Waals surface area contributed by atoms with Crippen molar-refractivity contribution in [1.82, 2.24) is 9.29 Å². The number of rotatable bonds is 5. The minimum absolute atomic E-state index is 0.150. The van der Waals surface area contributed by atoms with Crippen LogP contribution in [-0.4, -0.2) is 36.7 Å². The summed E-state index contributed by atoms with van der Waals surface area (Å²) in [5, 5.41) is 6.08. The molecule has 0 aliphatic carbocycles. The van der Waals surface area contributed by atoms with Gasteiger partial charge in [0.15, 0.2) is 10.9 Å². The number of furan rings is 1. The third kappa shape index (κ3) is 4.29. The first-order valence-corrected chi connectivity index (χ1v) is 12.7. The van der Waals surface area contributed by atoms with E-state index in [0.717, 1.165) is 17.0 Å². The number of nitrogens with one attached hydrogen (secondary N) is 1. The van der Waals surface area contributed by atoms with Crippen molar-refractivity contribution in [3.8, 4) is 11.5 Å². The molecule has 7 nitrogen and oxygen atoms in total. The van der Waals surface area contributed by atoms with E-state index in [0.29, 0.717) is 29.4 Å². The molecular weight excluding hydrogens is 465 g/mol. The molecule has 0 radical (unpaired) electrons. The van der Waals surface area contributed by atoms with Crippen LogP contribution in [0.15, 0.2) is 69.3 Å². The van der Waals surface area contributed by atoms with Crippen LogP contribution in [-0.2, 0) is 14.8 Å². The molecule has 10 heteroatoms. The Morgan fingerprint density at radius 3 is 2.61 bits per heavy atom. The van der Waals surface area contributed by atoms with Crippen molar-refractivity contribution in [2.75, 3.05) is 18.4 Å². The summed E-state index contributed by atoms with van der Waals surface area (Å²) in [6.45, 7) is 0.299. The van der Waals surface area contributed by atoms with Crippen LogP contribution in [0.1, 0.15) is 12.8 Å². The second kappa shape index (κ2) is 8.69. The summed E-state index contributed by atoms with van der Waals surface area (Å²) in [5.41, 5.74) is 1.40. The standard InChI is InChI=1S/C23H20FN3O4S2/c24-17-6-2-4-8-21(17)33(29,30)27-11-9-15(10-12-27)22(28)26-23-25-18(14-32-23)20-13-16-5-1-3-7-19(16)31-20/h1-8,13-15H,9-12H2,(H,25,26,28). The van der Waals surface area contributed by atoms with E-state index < -0.39 is 15.8 Å². The maximum atomic E-state index is 14.0. The van der Waals surface area contributed by atoms with Crippen molar-refractivity contribution in [3.05, 3.63) is 65.8 Å². The van der Waals surface area contributed by atoms with Gasteiger partial charge in [-0.05, 0) is 37.1 Å².